The SMILES string of the molecule is CC(=O)C(Br)c1cccc(C=O)c1C. The summed E-state index contributed by atoms with van der Waals surface area (Å²) in [6.07, 6.45) is 0.804. The minimum Gasteiger partial charge on any atom is -0.298 e. The van der Waals surface area contributed by atoms with Crippen molar-refractivity contribution in [3.05, 3.63) is 34.9 Å². The number of halogens is 1. The number of carbonyl (C=O) groups is 2. The van der Waals surface area contributed by atoms with E-state index < -0.39 is 0 Å². The molecule has 0 aliphatic rings. The normalized spacial score (nSPS) is 12.2. The number of hydrogen-bond donors (Lipinski definition) is 0. The van der Waals surface area contributed by atoms with Gasteiger partial charge in [-0.2, -0.15) is 0 Å². The van der Waals surface area contributed by atoms with E-state index >= 15 is 0 Å². The van der Waals surface area contributed by atoms with Crippen molar-refractivity contribution in [1.29, 1.82) is 0 Å². The van der Waals surface area contributed by atoms with Gasteiger partial charge in [0.1, 0.15) is 12.1 Å². The van der Waals surface area contributed by atoms with Crippen molar-refractivity contribution in [1.82, 2.24) is 0 Å². The Kier molecular flexibility index (Phi) is 3.58. The Morgan fingerprint density at radius 1 is 1.50 bits per heavy atom. The Morgan fingerprint density at radius 3 is 2.64 bits per heavy atom. The predicted molar refractivity (Wildman–Crippen MR) is 58.9 cm³/mol. The van der Waals surface area contributed by atoms with Crippen molar-refractivity contribution in [2.24, 2.45) is 0 Å². The van der Waals surface area contributed by atoms with E-state index in [1.54, 1.807) is 12.1 Å². The lowest BCUT2D eigenvalue weighted by Crippen LogP contribution is -2.04. The molecule has 3 heteroatoms. The molecule has 1 rings (SSSR count). The second-order valence-electron chi connectivity index (χ2n) is 3.15. The lowest BCUT2D eigenvalue weighted by atomic mass is 9.99. The van der Waals surface area contributed by atoms with Crippen molar-refractivity contribution in [2.45, 2.75) is 18.7 Å². The molecule has 1 atom stereocenters. The van der Waals surface area contributed by atoms with Crippen LogP contribution >= 0.6 is 15.9 Å². The van der Waals surface area contributed by atoms with E-state index in [2.05, 4.69) is 15.9 Å². The number of carbonyl (C=O) groups excluding carboxylic acids is 2. The van der Waals surface area contributed by atoms with E-state index in [-0.39, 0.29) is 10.6 Å². The highest BCUT2D eigenvalue weighted by Gasteiger charge is 2.15. The third kappa shape index (κ3) is 2.10. The highest BCUT2D eigenvalue weighted by molar-refractivity contribution is 9.09. The first kappa shape index (κ1) is 11.1. The number of rotatable bonds is 3. The lowest BCUT2D eigenvalue weighted by molar-refractivity contribution is -0.116. The van der Waals surface area contributed by atoms with E-state index in [4.69, 9.17) is 0 Å². The number of ketones is 1. The van der Waals surface area contributed by atoms with Crippen LogP contribution in [0.1, 0.15) is 33.2 Å². The summed E-state index contributed by atoms with van der Waals surface area (Å²) in [6.45, 7) is 3.36. The lowest BCUT2D eigenvalue weighted by Gasteiger charge is -2.11. The highest BCUT2D eigenvalue weighted by atomic mass is 79.9. The summed E-state index contributed by atoms with van der Waals surface area (Å²) in [4.78, 5) is 21.5. The number of benzene rings is 1. The third-order valence-electron chi connectivity index (χ3n) is 2.17. The average Bonchev–Trinajstić information content (AvgIpc) is 2.17. The molecule has 0 spiro atoms. The van der Waals surface area contributed by atoms with E-state index in [1.807, 2.05) is 13.0 Å². The molecule has 74 valence electrons. The maximum absolute atomic E-state index is 11.2. The fourth-order valence-electron chi connectivity index (χ4n) is 1.29. The Morgan fingerprint density at radius 2 is 2.14 bits per heavy atom. The zero-order valence-electron chi connectivity index (χ0n) is 8.08. The summed E-state index contributed by atoms with van der Waals surface area (Å²) in [5.74, 6) is 0.0381. The van der Waals surface area contributed by atoms with E-state index in [0.29, 0.717) is 5.56 Å². The third-order valence-corrected chi connectivity index (χ3v) is 3.31. The number of alkyl halides is 1. The van der Waals surface area contributed by atoms with Crippen LogP contribution in [-0.4, -0.2) is 12.1 Å². The molecular formula is C11H11BrO2. The van der Waals surface area contributed by atoms with Crippen molar-refractivity contribution in [3.63, 3.8) is 0 Å². The van der Waals surface area contributed by atoms with Gasteiger partial charge in [-0.05, 0) is 25.0 Å². The molecule has 0 aromatic heterocycles. The Balaban J connectivity index is 3.21. The van der Waals surface area contributed by atoms with Crippen LogP contribution in [0.2, 0.25) is 0 Å². The van der Waals surface area contributed by atoms with Crippen molar-refractivity contribution >= 4 is 28.0 Å². The number of aldehydes is 1. The van der Waals surface area contributed by atoms with E-state index in [1.165, 1.54) is 6.92 Å². The van der Waals surface area contributed by atoms with Crippen LogP contribution in [0.15, 0.2) is 18.2 Å². The van der Waals surface area contributed by atoms with Crippen molar-refractivity contribution in [2.75, 3.05) is 0 Å². The topological polar surface area (TPSA) is 34.1 Å². The van der Waals surface area contributed by atoms with Crippen LogP contribution in [0.3, 0.4) is 0 Å². The summed E-state index contributed by atoms with van der Waals surface area (Å²) in [5.41, 5.74) is 2.36. The molecule has 0 heterocycles. The van der Waals surface area contributed by atoms with Gasteiger partial charge in [-0.3, -0.25) is 9.59 Å². The quantitative estimate of drug-likeness (QED) is 0.614. The zero-order valence-corrected chi connectivity index (χ0v) is 9.67. The molecule has 14 heavy (non-hydrogen) atoms. The molecule has 0 bridgehead atoms. The summed E-state index contributed by atoms with van der Waals surface area (Å²) >= 11 is 3.30. The van der Waals surface area contributed by atoms with Gasteiger partial charge in [0, 0.05) is 5.56 Å². The molecule has 0 saturated heterocycles. The average molecular weight is 255 g/mol. The van der Waals surface area contributed by atoms with E-state index in [9.17, 15) is 9.59 Å². The molecule has 1 aromatic carbocycles. The molecular weight excluding hydrogens is 244 g/mol. The summed E-state index contributed by atoms with van der Waals surface area (Å²) < 4.78 is 0. The van der Waals surface area contributed by atoms with Crippen LogP contribution < -0.4 is 0 Å². The molecule has 0 radical (unpaired) electrons. The van der Waals surface area contributed by atoms with Gasteiger partial charge in [-0.15, -0.1) is 0 Å². The van der Waals surface area contributed by atoms with Crippen LogP contribution in [0, 0.1) is 6.92 Å². The summed E-state index contributed by atoms with van der Waals surface area (Å²) in [6, 6.07) is 5.37. The minimum atomic E-state index is -0.317. The van der Waals surface area contributed by atoms with Crippen molar-refractivity contribution in [3.8, 4) is 0 Å². The molecule has 1 unspecified atom stereocenters. The standard InChI is InChI=1S/C11H11BrO2/c1-7-9(6-13)4-3-5-10(7)11(12)8(2)14/h3-6,11H,1-2H3. The Bertz CT molecular complexity index is 372. The van der Waals surface area contributed by atoms with Crippen LogP contribution in [0.4, 0.5) is 0 Å². The molecule has 0 aliphatic carbocycles. The van der Waals surface area contributed by atoms with Crippen LogP contribution in [0.5, 0.6) is 0 Å². The molecule has 0 N–H and O–H groups in total. The van der Waals surface area contributed by atoms with Crippen molar-refractivity contribution < 1.29 is 9.59 Å². The Labute approximate surface area is 91.4 Å². The first-order valence-corrected chi connectivity index (χ1v) is 5.18. The zero-order chi connectivity index (χ0) is 10.7. The van der Waals surface area contributed by atoms with Gasteiger partial charge >= 0.3 is 0 Å². The van der Waals surface area contributed by atoms with Gasteiger partial charge in [0.05, 0.1) is 4.83 Å². The maximum atomic E-state index is 11.2. The monoisotopic (exact) mass is 254 g/mol. The second kappa shape index (κ2) is 4.51. The van der Waals surface area contributed by atoms with Crippen LogP contribution in [0.25, 0.3) is 0 Å². The van der Waals surface area contributed by atoms with Gasteiger partial charge in [0.2, 0.25) is 0 Å². The summed E-state index contributed by atoms with van der Waals surface area (Å²) in [7, 11) is 0. The molecule has 0 amide bonds. The maximum Gasteiger partial charge on any atom is 0.150 e. The molecule has 0 aliphatic heterocycles. The van der Waals surface area contributed by atoms with E-state index in [0.717, 1.165) is 17.4 Å². The Hall–Kier alpha value is -0.960. The summed E-state index contributed by atoms with van der Waals surface area (Å²) in [5, 5.41) is 0. The van der Waals surface area contributed by atoms with Gasteiger partial charge < -0.3 is 0 Å². The second-order valence-corrected chi connectivity index (χ2v) is 4.07. The number of Topliss-reactive ketones (excluding diaryl/α,β-unsaturated/α-hetero) is 1. The fourth-order valence-corrected chi connectivity index (χ4v) is 1.79. The number of hydrogen-bond acceptors (Lipinski definition) is 2. The fraction of sp³-hybridized carbons (Fsp3) is 0.273. The molecule has 0 fully saturated rings. The van der Waals surface area contributed by atoms with Gasteiger partial charge in [-0.1, -0.05) is 34.1 Å². The van der Waals surface area contributed by atoms with Gasteiger partial charge in [0.25, 0.3) is 0 Å². The molecule has 1 aromatic rings. The smallest absolute Gasteiger partial charge is 0.150 e. The largest absolute Gasteiger partial charge is 0.298 e. The molecule has 2 nitrogen and oxygen atoms in total. The highest BCUT2D eigenvalue weighted by Crippen LogP contribution is 2.27. The van der Waals surface area contributed by atoms with Gasteiger partial charge in [-0.25, -0.2) is 0 Å². The molecule has 0 saturated carbocycles. The first-order chi connectivity index (χ1) is 6.57. The predicted octanol–water partition coefficient (Wildman–Crippen LogP) is 2.83. The first-order valence-electron chi connectivity index (χ1n) is 4.27. The minimum absolute atomic E-state index is 0.0381. The van der Waals surface area contributed by atoms with Crippen LogP contribution in [-0.2, 0) is 4.79 Å². The van der Waals surface area contributed by atoms with Gasteiger partial charge in [0.15, 0.2) is 0 Å².